The van der Waals surface area contributed by atoms with E-state index < -0.39 is 6.10 Å². The van der Waals surface area contributed by atoms with Crippen LogP contribution < -0.4 is 5.56 Å². The molecule has 5 heteroatoms. The van der Waals surface area contributed by atoms with E-state index in [9.17, 15) is 4.79 Å². The Morgan fingerprint density at radius 3 is 3.21 bits per heavy atom. The van der Waals surface area contributed by atoms with Crippen LogP contribution in [0.2, 0.25) is 0 Å². The zero-order valence-electron chi connectivity index (χ0n) is 7.67. The molecule has 1 atom stereocenters. The molecule has 74 valence electrons. The Labute approximate surface area is 84.5 Å². The molecule has 1 unspecified atom stereocenters. The van der Waals surface area contributed by atoms with E-state index in [1.165, 1.54) is 22.2 Å². The van der Waals surface area contributed by atoms with E-state index in [1.54, 1.807) is 13.0 Å². The summed E-state index contributed by atoms with van der Waals surface area (Å²) in [5.41, 5.74) is -0.0860. The topological polar surface area (TPSA) is 55.1 Å². The molecule has 0 aliphatic carbocycles. The predicted molar refractivity (Wildman–Crippen MR) is 55.6 cm³/mol. The van der Waals surface area contributed by atoms with Crippen molar-refractivity contribution in [3.63, 3.8) is 0 Å². The maximum Gasteiger partial charge on any atom is 0.262 e. The van der Waals surface area contributed by atoms with Gasteiger partial charge in [0.2, 0.25) is 0 Å². The Morgan fingerprint density at radius 2 is 2.50 bits per heavy atom. The molecule has 0 aliphatic heterocycles. The van der Waals surface area contributed by atoms with Crippen molar-refractivity contribution < 1.29 is 5.11 Å². The third-order valence-corrected chi connectivity index (χ3v) is 2.73. The first-order valence-electron chi connectivity index (χ1n) is 4.29. The molecule has 1 N–H and O–H groups in total. The lowest BCUT2D eigenvalue weighted by molar-refractivity contribution is 0.172. The van der Waals surface area contributed by atoms with Gasteiger partial charge in [0, 0.05) is 0 Å². The van der Waals surface area contributed by atoms with Crippen LogP contribution in [0.5, 0.6) is 0 Å². The highest BCUT2D eigenvalue weighted by molar-refractivity contribution is 7.16. The van der Waals surface area contributed by atoms with Crippen LogP contribution in [0.4, 0.5) is 0 Å². The molecule has 4 nitrogen and oxygen atoms in total. The molecule has 2 aromatic rings. The minimum atomic E-state index is -0.536. The number of aliphatic hydroxyl groups excluding tert-OH is 1. The normalized spacial score (nSPS) is 13.3. The van der Waals surface area contributed by atoms with Crippen molar-refractivity contribution in [3.05, 3.63) is 28.1 Å². The number of hydrogen-bond acceptors (Lipinski definition) is 4. The standard InChI is InChI=1S/C9H10N2O2S/c1-6(12)4-11-5-10-8-7(9(11)13)2-3-14-8/h2-3,5-6,12H,4H2,1H3. The van der Waals surface area contributed by atoms with E-state index in [1.807, 2.05) is 5.38 Å². The highest BCUT2D eigenvalue weighted by Crippen LogP contribution is 2.13. The molecule has 0 spiro atoms. The van der Waals surface area contributed by atoms with E-state index in [2.05, 4.69) is 4.98 Å². The average Bonchev–Trinajstić information content (AvgIpc) is 2.57. The lowest BCUT2D eigenvalue weighted by Crippen LogP contribution is -2.24. The largest absolute Gasteiger partial charge is 0.392 e. The maximum absolute atomic E-state index is 11.7. The van der Waals surface area contributed by atoms with Crippen molar-refractivity contribution >= 4 is 21.6 Å². The second kappa shape index (κ2) is 3.51. The van der Waals surface area contributed by atoms with Gasteiger partial charge in [0.05, 0.1) is 24.4 Å². The molecule has 14 heavy (non-hydrogen) atoms. The Bertz CT molecular complexity index is 501. The van der Waals surface area contributed by atoms with Gasteiger partial charge in [-0.25, -0.2) is 4.98 Å². The van der Waals surface area contributed by atoms with Gasteiger partial charge in [-0.1, -0.05) is 0 Å². The van der Waals surface area contributed by atoms with E-state index >= 15 is 0 Å². The zero-order chi connectivity index (χ0) is 10.1. The Morgan fingerprint density at radius 1 is 1.71 bits per heavy atom. The van der Waals surface area contributed by atoms with Crippen LogP contribution in [-0.2, 0) is 6.54 Å². The quantitative estimate of drug-likeness (QED) is 0.799. The van der Waals surface area contributed by atoms with Crippen molar-refractivity contribution in [3.8, 4) is 0 Å². The number of rotatable bonds is 2. The molecule has 0 saturated heterocycles. The molecule has 0 aromatic carbocycles. The molecule has 2 heterocycles. The fourth-order valence-corrected chi connectivity index (χ4v) is 2.03. The van der Waals surface area contributed by atoms with Crippen molar-refractivity contribution in [2.75, 3.05) is 0 Å². The van der Waals surface area contributed by atoms with Gasteiger partial charge in [0.15, 0.2) is 0 Å². The highest BCUT2D eigenvalue weighted by Gasteiger charge is 2.06. The van der Waals surface area contributed by atoms with E-state index in [0.717, 1.165) is 4.83 Å². The number of aromatic nitrogens is 2. The number of nitrogens with zero attached hydrogens (tertiary/aromatic N) is 2. The predicted octanol–water partition coefficient (Wildman–Crippen LogP) is 0.839. The summed E-state index contributed by atoms with van der Waals surface area (Å²) in [5.74, 6) is 0. The van der Waals surface area contributed by atoms with E-state index in [-0.39, 0.29) is 12.1 Å². The van der Waals surface area contributed by atoms with Crippen molar-refractivity contribution in [1.29, 1.82) is 0 Å². The summed E-state index contributed by atoms with van der Waals surface area (Å²) in [6.07, 6.45) is 0.944. The van der Waals surface area contributed by atoms with Crippen LogP contribution in [-0.4, -0.2) is 20.8 Å². The van der Waals surface area contributed by atoms with E-state index in [0.29, 0.717) is 5.39 Å². The monoisotopic (exact) mass is 210 g/mol. The summed E-state index contributed by atoms with van der Waals surface area (Å²) < 4.78 is 1.43. The molecule has 0 bridgehead atoms. The number of aliphatic hydroxyl groups is 1. The van der Waals surface area contributed by atoms with Gasteiger partial charge in [-0.2, -0.15) is 0 Å². The van der Waals surface area contributed by atoms with E-state index in [4.69, 9.17) is 5.11 Å². The molecule has 0 saturated carbocycles. The first-order chi connectivity index (χ1) is 6.68. The Hall–Kier alpha value is -1.20. The summed E-state index contributed by atoms with van der Waals surface area (Å²) in [6.45, 7) is 1.93. The molecular weight excluding hydrogens is 200 g/mol. The third-order valence-electron chi connectivity index (χ3n) is 1.91. The number of fused-ring (bicyclic) bond motifs is 1. The molecule has 0 aliphatic rings. The third kappa shape index (κ3) is 1.56. The van der Waals surface area contributed by atoms with Crippen LogP contribution in [0.3, 0.4) is 0 Å². The number of thiophene rings is 1. The van der Waals surface area contributed by atoms with Crippen molar-refractivity contribution in [1.82, 2.24) is 9.55 Å². The van der Waals surface area contributed by atoms with Crippen LogP contribution in [0.1, 0.15) is 6.92 Å². The Kier molecular flexibility index (Phi) is 2.35. The summed E-state index contributed by atoms with van der Waals surface area (Å²) in [5, 5.41) is 11.6. The van der Waals surface area contributed by atoms with Gasteiger partial charge in [0.1, 0.15) is 4.83 Å². The maximum atomic E-state index is 11.7. The second-order valence-corrected chi connectivity index (χ2v) is 4.09. The van der Waals surface area contributed by atoms with Gasteiger partial charge in [-0.3, -0.25) is 9.36 Å². The first kappa shape index (κ1) is 9.36. The molecule has 2 aromatic heterocycles. The van der Waals surface area contributed by atoms with Crippen LogP contribution in [0, 0.1) is 0 Å². The molecule has 0 fully saturated rings. The molecule has 0 radical (unpaired) electrons. The van der Waals surface area contributed by atoms with Crippen molar-refractivity contribution in [2.45, 2.75) is 19.6 Å². The second-order valence-electron chi connectivity index (χ2n) is 3.19. The fraction of sp³-hybridized carbons (Fsp3) is 0.333. The summed E-state index contributed by atoms with van der Waals surface area (Å²) >= 11 is 1.44. The van der Waals surface area contributed by atoms with Gasteiger partial charge in [-0.05, 0) is 18.4 Å². The van der Waals surface area contributed by atoms with Crippen LogP contribution >= 0.6 is 11.3 Å². The summed E-state index contributed by atoms with van der Waals surface area (Å²) in [6, 6.07) is 1.76. The minimum absolute atomic E-state index is 0.0860. The summed E-state index contributed by atoms with van der Waals surface area (Å²) in [4.78, 5) is 16.6. The highest BCUT2D eigenvalue weighted by atomic mass is 32.1. The van der Waals surface area contributed by atoms with Gasteiger partial charge in [0.25, 0.3) is 5.56 Å². The van der Waals surface area contributed by atoms with Crippen LogP contribution in [0.25, 0.3) is 10.2 Å². The van der Waals surface area contributed by atoms with Crippen molar-refractivity contribution in [2.24, 2.45) is 0 Å². The molecule has 2 rings (SSSR count). The van der Waals surface area contributed by atoms with Gasteiger partial charge < -0.3 is 5.11 Å². The van der Waals surface area contributed by atoms with Gasteiger partial charge >= 0.3 is 0 Å². The molecular formula is C9H10N2O2S. The minimum Gasteiger partial charge on any atom is -0.392 e. The lowest BCUT2D eigenvalue weighted by Gasteiger charge is -2.06. The SMILES string of the molecule is CC(O)Cn1cnc2sccc2c1=O. The lowest BCUT2D eigenvalue weighted by atomic mass is 10.3. The van der Waals surface area contributed by atoms with Gasteiger partial charge in [-0.15, -0.1) is 11.3 Å². The van der Waals surface area contributed by atoms with Crippen LogP contribution in [0.15, 0.2) is 22.6 Å². The Balaban J connectivity index is 2.57. The smallest absolute Gasteiger partial charge is 0.262 e. The molecule has 0 amide bonds. The summed E-state index contributed by atoms with van der Waals surface area (Å²) in [7, 11) is 0. The zero-order valence-corrected chi connectivity index (χ0v) is 8.49. The first-order valence-corrected chi connectivity index (χ1v) is 5.17. The fourth-order valence-electron chi connectivity index (χ4n) is 1.31. The number of hydrogen-bond donors (Lipinski definition) is 1. The average molecular weight is 210 g/mol.